The van der Waals surface area contributed by atoms with Crippen molar-refractivity contribution in [1.29, 1.82) is 0 Å². The number of rotatable bonds is 4. The van der Waals surface area contributed by atoms with Crippen molar-refractivity contribution in [2.24, 2.45) is 11.8 Å². The molecule has 1 heterocycles. The van der Waals surface area contributed by atoms with Gasteiger partial charge in [0.2, 0.25) is 0 Å². The van der Waals surface area contributed by atoms with Crippen molar-refractivity contribution in [2.45, 2.75) is 39.7 Å². The molecule has 0 bridgehead atoms. The van der Waals surface area contributed by atoms with E-state index in [0.29, 0.717) is 12.2 Å². The van der Waals surface area contributed by atoms with Crippen molar-refractivity contribution in [3.05, 3.63) is 29.3 Å². The lowest BCUT2D eigenvalue weighted by atomic mass is 9.89. The van der Waals surface area contributed by atoms with Gasteiger partial charge in [-0.2, -0.15) is 0 Å². The van der Waals surface area contributed by atoms with Gasteiger partial charge in [0.25, 0.3) is 0 Å². The zero-order valence-electron chi connectivity index (χ0n) is 13.0. The largest absolute Gasteiger partial charge is 0.478 e. The van der Waals surface area contributed by atoms with Gasteiger partial charge < -0.3 is 10.8 Å². The normalized spacial score (nSPS) is 20.4. The van der Waals surface area contributed by atoms with Crippen LogP contribution in [0.1, 0.15) is 49.0 Å². The first-order valence-corrected chi connectivity index (χ1v) is 7.82. The molecule has 2 rings (SSSR count). The SMILES string of the molecule is CC(C)C1CCCN(Cc2cccc(N)c2C(=O)O)CC1. The number of aromatic carboxylic acids is 1. The first-order valence-electron chi connectivity index (χ1n) is 7.82. The van der Waals surface area contributed by atoms with Crippen LogP contribution in [0.2, 0.25) is 0 Å². The second kappa shape index (κ2) is 6.94. The molecule has 0 saturated carbocycles. The lowest BCUT2D eigenvalue weighted by Crippen LogP contribution is -2.26. The van der Waals surface area contributed by atoms with Crippen molar-refractivity contribution in [3.63, 3.8) is 0 Å². The summed E-state index contributed by atoms with van der Waals surface area (Å²) in [5, 5.41) is 9.35. The molecule has 1 aliphatic heterocycles. The first kappa shape index (κ1) is 15.8. The van der Waals surface area contributed by atoms with E-state index in [0.717, 1.165) is 30.5 Å². The fourth-order valence-corrected chi connectivity index (χ4v) is 3.26. The highest BCUT2D eigenvalue weighted by atomic mass is 16.4. The maximum atomic E-state index is 11.4. The van der Waals surface area contributed by atoms with Gasteiger partial charge in [0.05, 0.1) is 5.56 Å². The Labute approximate surface area is 126 Å². The molecule has 0 spiro atoms. The summed E-state index contributed by atoms with van der Waals surface area (Å²) in [6.07, 6.45) is 3.66. The average Bonchev–Trinajstić information content (AvgIpc) is 2.64. The van der Waals surface area contributed by atoms with Crippen molar-refractivity contribution >= 4 is 11.7 Å². The van der Waals surface area contributed by atoms with E-state index < -0.39 is 5.97 Å². The zero-order chi connectivity index (χ0) is 15.4. The summed E-state index contributed by atoms with van der Waals surface area (Å²) in [5.74, 6) is 0.583. The Balaban J connectivity index is 2.09. The number of nitrogens with two attached hydrogens (primary N) is 1. The number of hydrogen-bond acceptors (Lipinski definition) is 3. The van der Waals surface area contributed by atoms with Crippen molar-refractivity contribution in [3.8, 4) is 0 Å². The Kier molecular flexibility index (Phi) is 5.23. The van der Waals surface area contributed by atoms with Gasteiger partial charge in [-0.15, -0.1) is 0 Å². The summed E-state index contributed by atoms with van der Waals surface area (Å²) in [5.41, 5.74) is 7.27. The molecule has 21 heavy (non-hydrogen) atoms. The third-order valence-electron chi connectivity index (χ3n) is 4.60. The Bertz CT molecular complexity index is 500. The number of benzene rings is 1. The molecule has 1 aromatic carbocycles. The standard InChI is InChI=1S/C17H26N2O2/c1-12(2)13-6-4-9-19(10-8-13)11-14-5-3-7-15(18)16(14)17(20)21/h3,5,7,12-13H,4,6,8-11,18H2,1-2H3,(H,20,21). The van der Waals surface area contributed by atoms with E-state index in [1.165, 1.54) is 19.3 Å². The molecule has 0 aromatic heterocycles. The fraction of sp³-hybridized carbons (Fsp3) is 0.588. The van der Waals surface area contributed by atoms with E-state index in [1.807, 2.05) is 12.1 Å². The quantitative estimate of drug-likeness (QED) is 0.836. The predicted molar refractivity (Wildman–Crippen MR) is 85.3 cm³/mol. The van der Waals surface area contributed by atoms with Crippen LogP contribution in [0.25, 0.3) is 0 Å². The number of carboxylic acids is 1. The number of hydrogen-bond donors (Lipinski definition) is 2. The Hall–Kier alpha value is -1.55. The number of carboxylic acid groups (broad SMARTS) is 1. The smallest absolute Gasteiger partial charge is 0.338 e. The highest BCUT2D eigenvalue weighted by Gasteiger charge is 2.21. The molecule has 1 atom stereocenters. The summed E-state index contributed by atoms with van der Waals surface area (Å²) in [4.78, 5) is 13.8. The summed E-state index contributed by atoms with van der Waals surface area (Å²) >= 11 is 0. The summed E-state index contributed by atoms with van der Waals surface area (Å²) in [6, 6.07) is 5.38. The molecule has 4 heteroatoms. The molecule has 0 amide bonds. The number of nitrogen functional groups attached to an aromatic ring is 1. The molecule has 1 unspecified atom stereocenters. The van der Waals surface area contributed by atoms with E-state index >= 15 is 0 Å². The van der Waals surface area contributed by atoms with Crippen molar-refractivity contribution in [1.82, 2.24) is 4.90 Å². The molecule has 1 aliphatic rings. The van der Waals surface area contributed by atoms with E-state index in [-0.39, 0.29) is 5.56 Å². The van der Waals surface area contributed by atoms with E-state index in [2.05, 4.69) is 18.7 Å². The molecule has 0 aliphatic carbocycles. The van der Waals surface area contributed by atoms with Crippen LogP contribution in [-0.4, -0.2) is 29.1 Å². The van der Waals surface area contributed by atoms with Gasteiger partial charge in [0, 0.05) is 12.2 Å². The lowest BCUT2D eigenvalue weighted by molar-refractivity contribution is 0.0695. The van der Waals surface area contributed by atoms with E-state index in [1.54, 1.807) is 6.07 Å². The molecule has 1 saturated heterocycles. The topological polar surface area (TPSA) is 66.6 Å². The number of anilines is 1. The Morgan fingerprint density at radius 2 is 2.14 bits per heavy atom. The molecule has 0 radical (unpaired) electrons. The number of likely N-dealkylation sites (tertiary alicyclic amines) is 1. The first-order chi connectivity index (χ1) is 9.99. The molecule has 1 fully saturated rings. The molecule has 4 nitrogen and oxygen atoms in total. The van der Waals surface area contributed by atoms with Crippen molar-refractivity contribution < 1.29 is 9.90 Å². The van der Waals surface area contributed by atoms with Gasteiger partial charge in [0.1, 0.15) is 0 Å². The van der Waals surface area contributed by atoms with Crippen LogP contribution < -0.4 is 5.73 Å². The summed E-state index contributed by atoms with van der Waals surface area (Å²) in [7, 11) is 0. The Morgan fingerprint density at radius 1 is 1.38 bits per heavy atom. The van der Waals surface area contributed by atoms with Crippen LogP contribution in [0.15, 0.2) is 18.2 Å². The van der Waals surface area contributed by atoms with Crippen LogP contribution >= 0.6 is 0 Å². The average molecular weight is 290 g/mol. The monoisotopic (exact) mass is 290 g/mol. The predicted octanol–water partition coefficient (Wildman–Crippen LogP) is 3.23. The third-order valence-corrected chi connectivity index (χ3v) is 4.60. The van der Waals surface area contributed by atoms with Crippen LogP contribution in [-0.2, 0) is 6.54 Å². The molecule has 1 aromatic rings. The van der Waals surface area contributed by atoms with Gasteiger partial charge >= 0.3 is 5.97 Å². The van der Waals surface area contributed by atoms with Gasteiger partial charge in [-0.05, 0) is 55.8 Å². The zero-order valence-corrected chi connectivity index (χ0v) is 13.0. The summed E-state index contributed by atoms with van der Waals surface area (Å²) < 4.78 is 0. The van der Waals surface area contributed by atoms with E-state index in [9.17, 15) is 9.90 Å². The molecule has 116 valence electrons. The maximum absolute atomic E-state index is 11.4. The van der Waals surface area contributed by atoms with Crippen LogP contribution in [0.5, 0.6) is 0 Å². The van der Waals surface area contributed by atoms with Gasteiger partial charge in [-0.25, -0.2) is 4.79 Å². The second-order valence-electron chi connectivity index (χ2n) is 6.40. The maximum Gasteiger partial charge on any atom is 0.338 e. The fourth-order valence-electron chi connectivity index (χ4n) is 3.26. The van der Waals surface area contributed by atoms with Crippen LogP contribution in [0, 0.1) is 11.8 Å². The second-order valence-corrected chi connectivity index (χ2v) is 6.40. The minimum Gasteiger partial charge on any atom is -0.478 e. The minimum atomic E-state index is -0.932. The number of carbonyl (C=O) groups is 1. The van der Waals surface area contributed by atoms with Gasteiger partial charge in [0.15, 0.2) is 0 Å². The summed E-state index contributed by atoms with van der Waals surface area (Å²) in [6.45, 7) is 7.34. The minimum absolute atomic E-state index is 0.266. The Morgan fingerprint density at radius 3 is 2.81 bits per heavy atom. The lowest BCUT2D eigenvalue weighted by Gasteiger charge is -2.22. The highest BCUT2D eigenvalue weighted by Crippen LogP contribution is 2.26. The van der Waals surface area contributed by atoms with Gasteiger partial charge in [-0.3, -0.25) is 4.90 Å². The van der Waals surface area contributed by atoms with Crippen LogP contribution in [0.4, 0.5) is 5.69 Å². The van der Waals surface area contributed by atoms with Crippen molar-refractivity contribution in [2.75, 3.05) is 18.8 Å². The van der Waals surface area contributed by atoms with Gasteiger partial charge in [-0.1, -0.05) is 26.0 Å². The number of nitrogens with zero attached hydrogens (tertiary/aromatic N) is 1. The molecule has 3 N–H and O–H groups in total. The third kappa shape index (κ3) is 3.97. The highest BCUT2D eigenvalue weighted by molar-refractivity contribution is 5.95. The van der Waals surface area contributed by atoms with E-state index in [4.69, 9.17) is 5.73 Å². The molecular formula is C17H26N2O2. The molecular weight excluding hydrogens is 264 g/mol. The van der Waals surface area contributed by atoms with Crippen LogP contribution in [0.3, 0.4) is 0 Å².